The van der Waals surface area contributed by atoms with Crippen molar-refractivity contribution in [1.82, 2.24) is 4.98 Å². The van der Waals surface area contributed by atoms with Crippen LogP contribution in [0.1, 0.15) is 6.92 Å². The summed E-state index contributed by atoms with van der Waals surface area (Å²) in [4.78, 5) is 15.5. The minimum Gasteiger partial charge on any atom is -0.450 e. The molecule has 0 saturated carbocycles. The fourth-order valence-electron chi connectivity index (χ4n) is 2.02. The molecular formula is C16H13FN2O3. The lowest BCUT2D eigenvalue weighted by Crippen LogP contribution is -2.12. The fourth-order valence-corrected chi connectivity index (χ4v) is 2.02. The van der Waals surface area contributed by atoms with Gasteiger partial charge in [-0.1, -0.05) is 6.07 Å². The van der Waals surface area contributed by atoms with Gasteiger partial charge in [-0.05, 0) is 43.3 Å². The molecule has 112 valence electrons. The molecule has 3 aromatic rings. The predicted molar refractivity (Wildman–Crippen MR) is 80.0 cm³/mol. The summed E-state index contributed by atoms with van der Waals surface area (Å²) in [7, 11) is 0. The predicted octanol–water partition coefficient (Wildman–Crippen LogP) is 4.20. The third-order valence-corrected chi connectivity index (χ3v) is 3.02. The van der Waals surface area contributed by atoms with Crippen molar-refractivity contribution in [1.29, 1.82) is 0 Å². The second-order valence-electron chi connectivity index (χ2n) is 4.53. The molecule has 2 aromatic carbocycles. The van der Waals surface area contributed by atoms with Crippen molar-refractivity contribution in [3.63, 3.8) is 0 Å². The van der Waals surface area contributed by atoms with Crippen molar-refractivity contribution < 1.29 is 18.3 Å². The van der Waals surface area contributed by atoms with Crippen LogP contribution in [0.4, 0.5) is 14.9 Å². The Balaban J connectivity index is 1.85. The van der Waals surface area contributed by atoms with Crippen LogP contribution in [0.2, 0.25) is 0 Å². The Bertz CT molecular complexity index is 812. The smallest absolute Gasteiger partial charge is 0.411 e. The number of anilines is 1. The number of ether oxygens (including phenoxy) is 1. The molecule has 0 aliphatic rings. The number of para-hydroxylation sites is 1. The minimum absolute atomic E-state index is 0.200. The number of hydrogen-bond donors (Lipinski definition) is 1. The average Bonchev–Trinajstić information content (AvgIpc) is 2.94. The van der Waals surface area contributed by atoms with E-state index in [1.54, 1.807) is 43.3 Å². The van der Waals surface area contributed by atoms with Crippen molar-refractivity contribution >= 4 is 22.9 Å². The maximum atomic E-state index is 13.6. The van der Waals surface area contributed by atoms with Crippen LogP contribution in [-0.2, 0) is 4.74 Å². The first-order chi connectivity index (χ1) is 10.7. The van der Waals surface area contributed by atoms with Gasteiger partial charge in [-0.25, -0.2) is 14.2 Å². The van der Waals surface area contributed by atoms with Gasteiger partial charge in [-0.3, -0.25) is 5.32 Å². The van der Waals surface area contributed by atoms with Crippen LogP contribution in [0, 0.1) is 5.82 Å². The highest BCUT2D eigenvalue weighted by Crippen LogP contribution is 2.26. The summed E-state index contributed by atoms with van der Waals surface area (Å²) < 4.78 is 23.9. The first-order valence-electron chi connectivity index (χ1n) is 6.76. The number of aromatic nitrogens is 1. The number of halogens is 1. The lowest BCUT2D eigenvalue weighted by molar-refractivity contribution is 0.168. The second-order valence-corrected chi connectivity index (χ2v) is 4.53. The van der Waals surface area contributed by atoms with E-state index in [0.29, 0.717) is 29.3 Å². The Morgan fingerprint density at radius 2 is 2.05 bits per heavy atom. The first-order valence-corrected chi connectivity index (χ1v) is 6.76. The lowest BCUT2D eigenvalue weighted by atomic mass is 10.2. The number of carbonyl (C=O) groups excluding carboxylic acids is 1. The Morgan fingerprint density at radius 1 is 1.27 bits per heavy atom. The van der Waals surface area contributed by atoms with Crippen LogP contribution >= 0.6 is 0 Å². The Labute approximate surface area is 125 Å². The molecule has 3 rings (SSSR count). The third-order valence-electron chi connectivity index (χ3n) is 3.02. The van der Waals surface area contributed by atoms with Gasteiger partial charge in [0.05, 0.1) is 6.61 Å². The lowest BCUT2D eigenvalue weighted by Gasteiger charge is -2.05. The summed E-state index contributed by atoms with van der Waals surface area (Å²) in [5.41, 5.74) is 1.87. The van der Waals surface area contributed by atoms with Crippen LogP contribution in [0.3, 0.4) is 0 Å². The van der Waals surface area contributed by atoms with Crippen molar-refractivity contribution in [2.24, 2.45) is 0 Å². The number of hydrogen-bond acceptors (Lipinski definition) is 4. The molecular weight excluding hydrogens is 287 g/mol. The van der Waals surface area contributed by atoms with Gasteiger partial charge in [0.1, 0.15) is 5.52 Å². The summed E-state index contributed by atoms with van der Waals surface area (Å²) >= 11 is 0. The molecule has 1 heterocycles. The van der Waals surface area contributed by atoms with E-state index in [2.05, 4.69) is 10.3 Å². The molecule has 5 nitrogen and oxygen atoms in total. The van der Waals surface area contributed by atoms with E-state index < -0.39 is 11.9 Å². The zero-order chi connectivity index (χ0) is 15.5. The molecule has 0 radical (unpaired) electrons. The van der Waals surface area contributed by atoms with E-state index in [4.69, 9.17) is 9.15 Å². The Kier molecular flexibility index (Phi) is 3.74. The Morgan fingerprint density at radius 3 is 2.73 bits per heavy atom. The summed E-state index contributed by atoms with van der Waals surface area (Å²) in [6.07, 6.45) is -0.515. The van der Waals surface area contributed by atoms with E-state index in [1.165, 1.54) is 6.07 Å². The van der Waals surface area contributed by atoms with Gasteiger partial charge < -0.3 is 9.15 Å². The molecule has 0 fully saturated rings. The molecule has 1 amide bonds. The molecule has 1 N–H and O–H groups in total. The van der Waals surface area contributed by atoms with Gasteiger partial charge >= 0.3 is 6.09 Å². The largest absolute Gasteiger partial charge is 0.450 e. The summed E-state index contributed by atoms with van der Waals surface area (Å²) in [5.74, 6) is -0.101. The summed E-state index contributed by atoms with van der Waals surface area (Å²) in [6.45, 7) is 2.04. The number of nitrogens with one attached hydrogen (secondary N) is 1. The highest BCUT2D eigenvalue weighted by atomic mass is 19.1. The molecule has 0 aliphatic carbocycles. The van der Waals surface area contributed by atoms with Gasteiger partial charge in [0.2, 0.25) is 5.89 Å². The number of benzene rings is 2. The van der Waals surface area contributed by atoms with Crippen LogP contribution in [0.25, 0.3) is 22.6 Å². The molecule has 0 bridgehead atoms. The molecule has 0 spiro atoms. The average molecular weight is 300 g/mol. The quantitative estimate of drug-likeness (QED) is 0.787. The number of carbonyl (C=O) groups is 1. The SMILES string of the molecule is CCOC(=O)Nc1ccc(-c2nc3c(F)cccc3o2)cc1. The molecule has 0 saturated heterocycles. The zero-order valence-corrected chi connectivity index (χ0v) is 11.8. The van der Waals surface area contributed by atoms with Gasteiger partial charge in [-0.2, -0.15) is 0 Å². The van der Waals surface area contributed by atoms with Crippen molar-refractivity contribution in [3.05, 3.63) is 48.3 Å². The highest BCUT2D eigenvalue weighted by Gasteiger charge is 2.11. The molecule has 0 unspecified atom stereocenters. The van der Waals surface area contributed by atoms with Crippen molar-refractivity contribution in [2.45, 2.75) is 6.92 Å². The van der Waals surface area contributed by atoms with E-state index in [9.17, 15) is 9.18 Å². The summed E-state index contributed by atoms with van der Waals surface area (Å²) in [5, 5.41) is 2.59. The second kappa shape index (κ2) is 5.85. The normalized spacial score (nSPS) is 10.6. The number of nitrogens with zero attached hydrogens (tertiary/aromatic N) is 1. The molecule has 22 heavy (non-hydrogen) atoms. The minimum atomic E-state index is -0.515. The van der Waals surface area contributed by atoms with Crippen molar-refractivity contribution in [2.75, 3.05) is 11.9 Å². The van der Waals surface area contributed by atoms with E-state index >= 15 is 0 Å². The fraction of sp³-hybridized carbons (Fsp3) is 0.125. The van der Waals surface area contributed by atoms with Crippen LogP contribution in [0.5, 0.6) is 0 Å². The zero-order valence-electron chi connectivity index (χ0n) is 11.8. The maximum Gasteiger partial charge on any atom is 0.411 e. The number of oxazole rings is 1. The third kappa shape index (κ3) is 2.76. The van der Waals surface area contributed by atoms with Crippen LogP contribution < -0.4 is 5.32 Å². The van der Waals surface area contributed by atoms with E-state index in [-0.39, 0.29) is 5.52 Å². The number of amides is 1. The maximum absolute atomic E-state index is 13.6. The van der Waals surface area contributed by atoms with Crippen LogP contribution in [-0.4, -0.2) is 17.7 Å². The van der Waals surface area contributed by atoms with Gasteiger partial charge in [-0.15, -0.1) is 0 Å². The molecule has 6 heteroatoms. The van der Waals surface area contributed by atoms with Crippen LogP contribution in [0.15, 0.2) is 46.9 Å². The van der Waals surface area contributed by atoms with E-state index in [1.807, 2.05) is 0 Å². The first kappa shape index (κ1) is 14.1. The van der Waals surface area contributed by atoms with Gasteiger partial charge in [0.15, 0.2) is 11.4 Å². The standard InChI is InChI=1S/C16H13FN2O3/c1-2-21-16(20)18-11-8-6-10(7-9-11)15-19-14-12(17)4-3-5-13(14)22-15/h3-9H,2H2,1H3,(H,18,20). The molecule has 0 aliphatic heterocycles. The highest BCUT2D eigenvalue weighted by molar-refractivity contribution is 5.85. The number of rotatable bonds is 3. The summed E-state index contributed by atoms with van der Waals surface area (Å²) in [6, 6.07) is 11.4. The Hall–Kier alpha value is -2.89. The van der Waals surface area contributed by atoms with Gasteiger partial charge in [0.25, 0.3) is 0 Å². The topological polar surface area (TPSA) is 64.4 Å². The molecule has 1 aromatic heterocycles. The number of fused-ring (bicyclic) bond motifs is 1. The molecule has 0 atom stereocenters. The monoisotopic (exact) mass is 300 g/mol. The van der Waals surface area contributed by atoms with Crippen molar-refractivity contribution in [3.8, 4) is 11.5 Å². The van der Waals surface area contributed by atoms with E-state index in [0.717, 1.165) is 0 Å². The van der Waals surface area contributed by atoms with Gasteiger partial charge in [0, 0.05) is 11.3 Å².